The Labute approximate surface area is 228 Å². The molecule has 0 saturated carbocycles. The molecule has 0 aliphatic carbocycles. The van der Waals surface area contributed by atoms with Crippen molar-refractivity contribution in [2.45, 2.75) is 112 Å². The Morgan fingerprint density at radius 2 is 0.816 bits per heavy atom. The fourth-order valence-corrected chi connectivity index (χ4v) is 3.33. The highest BCUT2D eigenvalue weighted by Gasteiger charge is 2.31. The van der Waals surface area contributed by atoms with Gasteiger partial charge in [0.15, 0.2) is 0 Å². The summed E-state index contributed by atoms with van der Waals surface area (Å²) in [5.41, 5.74) is 3.19. The zero-order valence-electron chi connectivity index (χ0n) is 25.6. The summed E-state index contributed by atoms with van der Waals surface area (Å²) >= 11 is 0. The molecule has 0 radical (unpaired) electrons. The van der Waals surface area contributed by atoms with E-state index >= 15 is 0 Å². The summed E-state index contributed by atoms with van der Waals surface area (Å²) in [4.78, 5) is 53.7. The molecule has 0 amide bonds. The standard InChI is InChI=1S/C27H51N3O8/c1-24(2,3)35-20(31)15-29(16-21(32)36-25(4,5)6)14-19(13-28)30(17-22(33)37-26(7,8)9)18-23(34)38-27(10,11)12/h19H,13-18,28H2,1-12H3/t19-/m0/s1. The van der Waals surface area contributed by atoms with Crippen molar-refractivity contribution in [1.82, 2.24) is 9.80 Å². The molecular formula is C27H51N3O8. The Kier molecular flexibility index (Phi) is 13.4. The second-order valence-electron chi connectivity index (χ2n) is 13.3. The van der Waals surface area contributed by atoms with Gasteiger partial charge in [-0.2, -0.15) is 0 Å². The molecule has 0 aliphatic rings. The Balaban J connectivity index is 5.98. The van der Waals surface area contributed by atoms with Gasteiger partial charge in [-0.05, 0) is 83.1 Å². The minimum Gasteiger partial charge on any atom is -0.459 e. The third-order valence-corrected chi connectivity index (χ3v) is 4.31. The van der Waals surface area contributed by atoms with E-state index in [2.05, 4.69) is 0 Å². The molecule has 0 spiro atoms. The van der Waals surface area contributed by atoms with E-state index < -0.39 is 52.3 Å². The molecule has 0 aromatic carbocycles. The van der Waals surface area contributed by atoms with Crippen LogP contribution in [0.2, 0.25) is 0 Å². The van der Waals surface area contributed by atoms with Gasteiger partial charge in [0, 0.05) is 19.1 Å². The van der Waals surface area contributed by atoms with Gasteiger partial charge in [0.05, 0.1) is 26.2 Å². The fraction of sp³-hybridized carbons (Fsp3) is 0.852. The lowest BCUT2D eigenvalue weighted by molar-refractivity contribution is -0.164. The molecule has 0 unspecified atom stereocenters. The van der Waals surface area contributed by atoms with Gasteiger partial charge in [-0.3, -0.25) is 29.0 Å². The van der Waals surface area contributed by atoms with Gasteiger partial charge in [0.2, 0.25) is 0 Å². The minimum absolute atomic E-state index is 0.0186. The van der Waals surface area contributed by atoms with Crippen molar-refractivity contribution >= 4 is 23.9 Å². The van der Waals surface area contributed by atoms with Gasteiger partial charge in [-0.15, -0.1) is 0 Å². The number of nitrogens with two attached hydrogens (primary N) is 1. The lowest BCUT2D eigenvalue weighted by Crippen LogP contribution is -2.54. The van der Waals surface area contributed by atoms with Crippen molar-refractivity contribution in [3.05, 3.63) is 0 Å². The number of rotatable bonds is 12. The molecule has 11 nitrogen and oxygen atoms in total. The molecule has 0 aromatic heterocycles. The van der Waals surface area contributed by atoms with Crippen LogP contribution in [0.1, 0.15) is 83.1 Å². The van der Waals surface area contributed by atoms with E-state index in [1.165, 1.54) is 4.90 Å². The van der Waals surface area contributed by atoms with Crippen LogP contribution in [0, 0.1) is 0 Å². The number of hydrogen-bond acceptors (Lipinski definition) is 11. The average Bonchev–Trinajstić information content (AvgIpc) is 2.58. The van der Waals surface area contributed by atoms with E-state index in [-0.39, 0.29) is 39.3 Å². The highest BCUT2D eigenvalue weighted by molar-refractivity contribution is 5.76. The van der Waals surface area contributed by atoms with Gasteiger partial charge < -0.3 is 24.7 Å². The van der Waals surface area contributed by atoms with Crippen molar-refractivity contribution in [3.63, 3.8) is 0 Å². The maximum Gasteiger partial charge on any atom is 0.320 e. The predicted molar refractivity (Wildman–Crippen MR) is 144 cm³/mol. The van der Waals surface area contributed by atoms with Gasteiger partial charge >= 0.3 is 23.9 Å². The van der Waals surface area contributed by atoms with E-state index in [1.807, 2.05) is 0 Å². The summed E-state index contributed by atoms with van der Waals surface area (Å²) in [5, 5.41) is 0. The Hall–Kier alpha value is -2.24. The zero-order chi connectivity index (χ0) is 30.1. The number of carbonyl (C=O) groups is 4. The van der Waals surface area contributed by atoms with Crippen molar-refractivity contribution in [2.24, 2.45) is 5.73 Å². The van der Waals surface area contributed by atoms with Crippen LogP contribution in [0.15, 0.2) is 0 Å². The van der Waals surface area contributed by atoms with Crippen molar-refractivity contribution in [1.29, 1.82) is 0 Å². The maximum atomic E-state index is 12.7. The summed E-state index contributed by atoms with van der Waals surface area (Å²) < 4.78 is 21.8. The summed E-state index contributed by atoms with van der Waals surface area (Å²) in [6.45, 7) is 20.1. The lowest BCUT2D eigenvalue weighted by Gasteiger charge is -2.35. The van der Waals surface area contributed by atoms with Crippen LogP contribution in [0.3, 0.4) is 0 Å². The van der Waals surface area contributed by atoms with E-state index in [1.54, 1.807) is 88.0 Å². The van der Waals surface area contributed by atoms with Crippen LogP contribution in [0.25, 0.3) is 0 Å². The average molecular weight is 546 g/mol. The number of hydrogen-bond donors (Lipinski definition) is 1. The summed E-state index contributed by atoms with van der Waals surface area (Å²) in [6, 6.07) is -0.611. The highest BCUT2D eigenvalue weighted by Crippen LogP contribution is 2.14. The molecule has 2 N–H and O–H groups in total. The monoisotopic (exact) mass is 545 g/mol. The number of carbonyl (C=O) groups excluding carboxylic acids is 4. The van der Waals surface area contributed by atoms with Crippen LogP contribution in [0.5, 0.6) is 0 Å². The normalized spacial score (nSPS) is 13.8. The first-order chi connectivity index (χ1) is 16.9. The Morgan fingerprint density at radius 3 is 1.05 bits per heavy atom. The summed E-state index contributed by atoms with van der Waals surface area (Å²) in [7, 11) is 0. The van der Waals surface area contributed by atoms with Gasteiger partial charge in [-0.1, -0.05) is 0 Å². The molecule has 0 rings (SSSR count). The zero-order valence-corrected chi connectivity index (χ0v) is 25.6. The Morgan fingerprint density at radius 1 is 0.553 bits per heavy atom. The van der Waals surface area contributed by atoms with Crippen LogP contribution in [0.4, 0.5) is 0 Å². The largest absolute Gasteiger partial charge is 0.459 e. The summed E-state index contributed by atoms with van der Waals surface area (Å²) in [6.07, 6.45) is 0. The minimum atomic E-state index is -0.730. The highest BCUT2D eigenvalue weighted by atomic mass is 16.6. The van der Waals surface area contributed by atoms with Crippen LogP contribution < -0.4 is 5.73 Å². The van der Waals surface area contributed by atoms with Gasteiger partial charge in [-0.25, -0.2) is 0 Å². The van der Waals surface area contributed by atoms with E-state index in [0.29, 0.717) is 0 Å². The second kappa shape index (κ2) is 14.2. The van der Waals surface area contributed by atoms with Crippen LogP contribution >= 0.6 is 0 Å². The molecule has 0 heterocycles. The summed E-state index contributed by atoms with van der Waals surface area (Å²) in [5.74, 6) is -2.18. The van der Waals surface area contributed by atoms with Crippen molar-refractivity contribution in [2.75, 3.05) is 39.3 Å². The SMILES string of the molecule is CC(C)(C)OC(=O)CN(CC(=O)OC(C)(C)C)C[C@H](CN)N(CC(=O)OC(C)(C)C)CC(=O)OC(C)(C)C. The molecule has 0 aromatic rings. The van der Waals surface area contributed by atoms with E-state index in [0.717, 1.165) is 0 Å². The maximum absolute atomic E-state index is 12.7. The second-order valence-corrected chi connectivity index (χ2v) is 13.3. The molecule has 222 valence electrons. The van der Waals surface area contributed by atoms with Crippen LogP contribution in [-0.4, -0.2) is 101 Å². The van der Waals surface area contributed by atoms with Crippen molar-refractivity contribution in [3.8, 4) is 0 Å². The topological polar surface area (TPSA) is 138 Å². The molecule has 38 heavy (non-hydrogen) atoms. The third kappa shape index (κ3) is 18.9. The van der Waals surface area contributed by atoms with Gasteiger partial charge in [0.25, 0.3) is 0 Å². The lowest BCUT2D eigenvalue weighted by atomic mass is 10.1. The van der Waals surface area contributed by atoms with E-state index in [9.17, 15) is 19.2 Å². The molecule has 11 heteroatoms. The number of esters is 4. The first-order valence-electron chi connectivity index (χ1n) is 12.9. The first-order valence-corrected chi connectivity index (χ1v) is 12.9. The molecule has 1 atom stereocenters. The fourth-order valence-electron chi connectivity index (χ4n) is 3.33. The Bertz CT molecular complexity index is 741. The molecular weight excluding hydrogens is 494 g/mol. The first kappa shape index (κ1) is 35.8. The third-order valence-electron chi connectivity index (χ3n) is 4.31. The molecule has 0 bridgehead atoms. The van der Waals surface area contributed by atoms with Gasteiger partial charge in [0.1, 0.15) is 22.4 Å². The van der Waals surface area contributed by atoms with Crippen molar-refractivity contribution < 1.29 is 38.1 Å². The smallest absolute Gasteiger partial charge is 0.320 e. The quantitative estimate of drug-likeness (QED) is 0.285. The molecule has 0 fully saturated rings. The predicted octanol–water partition coefficient (Wildman–Crippen LogP) is 2.28. The number of ether oxygens (including phenoxy) is 4. The van der Waals surface area contributed by atoms with Crippen LogP contribution in [-0.2, 0) is 38.1 Å². The number of nitrogens with zero attached hydrogens (tertiary/aromatic N) is 2. The molecule has 0 saturated heterocycles. The molecule has 0 aliphatic heterocycles. The van der Waals surface area contributed by atoms with E-state index in [4.69, 9.17) is 24.7 Å².